The molecule has 9 nitrogen and oxygen atoms in total. The van der Waals surface area contributed by atoms with Crippen molar-refractivity contribution >= 4 is 18.6 Å². The summed E-state index contributed by atoms with van der Waals surface area (Å²) in [5, 5.41) is 16.1. The molecule has 0 atom stereocenters. The van der Waals surface area contributed by atoms with Gasteiger partial charge in [0.05, 0.1) is 0 Å². The molecule has 0 saturated heterocycles. The zero-order valence-corrected chi connectivity index (χ0v) is 14.7. The van der Waals surface area contributed by atoms with Crippen molar-refractivity contribution in [2.24, 2.45) is 0 Å². The van der Waals surface area contributed by atoms with Gasteiger partial charge in [0.25, 0.3) is 7.59 Å². The Morgan fingerprint density at radius 1 is 1.00 bits per heavy atom. The third kappa shape index (κ3) is 4.25. The van der Waals surface area contributed by atoms with Crippen molar-refractivity contribution in [3.8, 4) is 0 Å². The SMILES string of the molecule is CN(C)P(=O)(N(C)C)N(C)C.O.On1nnc2ccccc21. The second kappa shape index (κ2) is 8.21. The summed E-state index contributed by atoms with van der Waals surface area (Å²) in [4.78, 5) is 0.759. The van der Waals surface area contributed by atoms with E-state index < -0.39 is 7.59 Å². The fourth-order valence-electron chi connectivity index (χ4n) is 1.93. The number of hydrogen-bond donors (Lipinski definition) is 1. The van der Waals surface area contributed by atoms with Gasteiger partial charge in [0.15, 0.2) is 0 Å². The van der Waals surface area contributed by atoms with Crippen molar-refractivity contribution in [2.75, 3.05) is 42.3 Å². The first-order chi connectivity index (χ1) is 9.71. The van der Waals surface area contributed by atoms with Crippen LogP contribution in [-0.4, -0.2) is 82.1 Å². The van der Waals surface area contributed by atoms with Gasteiger partial charge in [-0.05, 0) is 59.6 Å². The standard InChI is InChI=1S/C6H18N3OP.C6H5N3O.H2O/c1-7(2)11(10,8(3)4)9(5)6;10-9-6-4-2-1-3-5(6)7-8-9;/h1-6H3;1-4,10H;1H2. The minimum Gasteiger partial charge on any atom is -0.412 e. The summed E-state index contributed by atoms with van der Waals surface area (Å²) in [5.41, 5.74) is 1.33. The molecule has 1 heterocycles. The summed E-state index contributed by atoms with van der Waals surface area (Å²) in [6, 6.07) is 7.19. The zero-order valence-electron chi connectivity index (χ0n) is 13.8. The molecule has 0 bridgehead atoms. The maximum atomic E-state index is 12.1. The van der Waals surface area contributed by atoms with E-state index in [1.165, 1.54) is 0 Å². The van der Waals surface area contributed by atoms with Crippen molar-refractivity contribution in [3.63, 3.8) is 0 Å². The van der Waals surface area contributed by atoms with Gasteiger partial charge in [0.2, 0.25) is 0 Å². The first-order valence-electron chi connectivity index (χ1n) is 6.34. The Bertz CT molecular complexity index is 600. The molecule has 2 rings (SSSR count). The quantitative estimate of drug-likeness (QED) is 0.648. The molecule has 0 radical (unpaired) electrons. The Balaban J connectivity index is 0.000000383. The predicted molar refractivity (Wildman–Crippen MR) is 87.0 cm³/mol. The molecule has 126 valence electrons. The second-order valence-electron chi connectivity index (χ2n) is 5.02. The van der Waals surface area contributed by atoms with E-state index in [0.29, 0.717) is 11.0 Å². The highest BCUT2D eigenvalue weighted by Gasteiger charge is 2.30. The van der Waals surface area contributed by atoms with Gasteiger partial charge in [-0.2, -0.15) is 0 Å². The van der Waals surface area contributed by atoms with E-state index >= 15 is 0 Å². The molecule has 0 unspecified atom stereocenters. The summed E-state index contributed by atoms with van der Waals surface area (Å²) >= 11 is 0. The lowest BCUT2D eigenvalue weighted by molar-refractivity contribution is 0.155. The van der Waals surface area contributed by atoms with Gasteiger partial charge < -0.3 is 10.7 Å². The van der Waals surface area contributed by atoms with Crippen molar-refractivity contribution < 1.29 is 15.2 Å². The molecule has 0 fully saturated rings. The Labute approximate surface area is 130 Å². The van der Waals surface area contributed by atoms with Gasteiger partial charge in [-0.1, -0.05) is 17.0 Å². The van der Waals surface area contributed by atoms with Gasteiger partial charge >= 0.3 is 0 Å². The van der Waals surface area contributed by atoms with E-state index in [-0.39, 0.29) is 5.48 Å². The third-order valence-electron chi connectivity index (χ3n) is 2.90. The lowest BCUT2D eigenvalue weighted by atomic mass is 10.3. The molecular weight excluding hydrogens is 307 g/mol. The lowest BCUT2D eigenvalue weighted by Gasteiger charge is -2.34. The van der Waals surface area contributed by atoms with Crippen LogP contribution in [0, 0.1) is 0 Å². The highest BCUT2D eigenvalue weighted by Crippen LogP contribution is 2.50. The van der Waals surface area contributed by atoms with E-state index in [1.54, 1.807) is 26.1 Å². The van der Waals surface area contributed by atoms with E-state index in [2.05, 4.69) is 10.3 Å². The predicted octanol–water partition coefficient (Wildman–Crippen LogP) is 0.623. The largest absolute Gasteiger partial charge is 0.412 e. The Morgan fingerprint density at radius 2 is 1.45 bits per heavy atom. The van der Waals surface area contributed by atoms with Crippen LogP contribution in [0.5, 0.6) is 0 Å². The van der Waals surface area contributed by atoms with Gasteiger partial charge in [-0.3, -0.25) is 4.57 Å². The summed E-state index contributed by atoms with van der Waals surface area (Å²) in [6.45, 7) is 0. The average Bonchev–Trinajstić information content (AvgIpc) is 2.80. The maximum Gasteiger partial charge on any atom is 0.285 e. The third-order valence-corrected chi connectivity index (χ3v) is 6.02. The highest BCUT2D eigenvalue weighted by atomic mass is 31.2. The van der Waals surface area contributed by atoms with Crippen LogP contribution in [0.4, 0.5) is 0 Å². The molecule has 0 spiro atoms. The lowest BCUT2D eigenvalue weighted by Crippen LogP contribution is -2.30. The van der Waals surface area contributed by atoms with Gasteiger partial charge in [-0.25, -0.2) is 14.0 Å². The molecule has 1 aromatic carbocycles. The number of aromatic nitrogens is 3. The van der Waals surface area contributed by atoms with Gasteiger partial charge in [0.1, 0.15) is 11.0 Å². The van der Waals surface area contributed by atoms with Crippen molar-refractivity contribution in [1.29, 1.82) is 0 Å². The van der Waals surface area contributed by atoms with Crippen LogP contribution in [0.2, 0.25) is 0 Å². The first-order valence-corrected chi connectivity index (χ1v) is 7.91. The Morgan fingerprint density at radius 3 is 1.82 bits per heavy atom. The molecule has 1 aromatic heterocycles. The fourth-order valence-corrected chi connectivity index (χ4v) is 4.08. The number of hydrogen-bond acceptors (Lipinski definition) is 4. The minimum atomic E-state index is -2.44. The molecular formula is C12H25N6O3P. The van der Waals surface area contributed by atoms with Crippen LogP contribution < -0.4 is 0 Å². The molecule has 0 aliphatic heterocycles. The molecule has 3 N–H and O–H groups in total. The Kier molecular flexibility index (Phi) is 7.65. The number of rotatable bonds is 3. The summed E-state index contributed by atoms with van der Waals surface area (Å²) in [7, 11) is 8.49. The van der Waals surface area contributed by atoms with E-state index in [0.717, 1.165) is 4.85 Å². The number of benzene rings is 1. The molecule has 10 heteroatoms. The van der Waals surface area contributed by atoms with Crippen LogP contribution in [0.3, 0.4) is 0 Å². The Hall–Kier alpha value is -1.51. The monoisotopic (exact) mass is 332 g/mol. The maximum absolute atomic E-state index is 12.1. The van der Waals surface area contributed by atoms with E-state index in [4.69, 9.17) is 5.21 Å². The average molecular weight is 332 g/mol. The van der Waals surface area contributed by atoms with Gasteiger partial charge in [0, 0.05) is 0 Å². The van der Waals surface area contributed by atoms with Crippen LogP contribution in [0.25, 0.3) is 11.0 Å². The smallest absolute Gasteiger partial charge is 0.285 e. The van der Waals surface area contributed by atoms with Gasteiger partial charge in [-0.15, -0.1) is 5.10 Å². The first kappa shape index (κ1) is 20.5. The van der Waals surface area contributed by atoms with Crippen LogP contribution in [0.1, 0.15) is 0 Å². The summed E-state index contributed by atoms with van der Waals surface area (Å²) < 4.78 is 17.3. The van der Waals surface area contributed by atoms with E-state index in [9.17, 15) is 4.57 Å². The topological polar surface area (TPSA) is 109 Å². The van der Waals surface area contributed by atoms with Crippen molar-refractivity contribution in [3.05, 3.63) is 24.3 Å². The van der Waals surface area contributed by atoms with Crippen LogP contribution in [-0.2, 0) is 4.57 Å². The second-order valence-corrected chi connectivity index (χ2v) is 8.45. The van der Waals surface area contributed by atoms with Crippen molar-refractivity contribution in [2.45, 2.75) is 0 Å². The molecule has 0 amide bonds. The zero-order chi connectivity index (χ0) is 16.2. The molecule has 22 heavy (non-hydrogen) atoms. The highest BCUT2D eigenvalue weighted by molar-refractivity contribution is 7.56. The minimum absolute atomic E-state index is 0. The molecule has 0 saturated carbocycles. The molecule has 0 aliphatic rings. The summed E-state index contributed by atoms with van der Waals surface area (Å²) in [5.74, 6) is 0. The number of fused-ring (bicyclic) bond motifs is 1. The van der Waals surface area contributed by atoms with Crippen molar-refractivity contribution in [1.82, 2.24) is 29.2 Å². The molecule has 0 aliphatic carbocycles. The van der Waals surface area contributed by atoms with Crippen LogP contribution in [0.15, 0.2) is 24.3 Å². The number of para-hydroxylation sites is 1. The van der Waals surface area contributed by atoms with Crippen LogP contribution >= 0.6 is 7.59 Å². The molecule has 2 aromatic rings. The number of nitrogens with zero attached hydrogens (tertiary/aromatic N) is 6. The van der Waals surface area contributed by atoms with E-state index in [1.807, 2.05) is 54.4 Å². The fraction of sp³-hybridized carbons (Fsp3) is 0.500. The summed E-state index contributed by atoms with van der Waals surface area (Å²) in [6.07, 6.45) is 0. The normalized spacial score (nSPS) is 11.5.